The van der Waals surface area contributed by atoms with Gasteiger partial charge in [0.1, 0.15) is 5.75 Å². The molecule has 2 N–H and O–H groups in total. The molecule has 166 valence electrons. The Bertz CT molecular complexity index is 1060. The van der Waals surface area contributed by atoms with Gasteiger partial charge in [-0.1, -0.05) is 11.6 Å². The molecule has 1 fully saturated rings. The van der Waals surface area contributed by atoms with Crippen molar-refractivity contribution in [2.75, 3.05) is 30.4 Å². The van der Waals surface area contributed by atoms with Gasteiger partial charge in [0, 0.05) is 41.5 Å². The van der Waals surface area contributed by atoms with E-state index in [0.717, 1.165) is 29.9 Å². The van der Waals surface area contributed by atoms with Gasteiger partial charge >= 0.3 is 6.03 Å². The van der Waals surface area contributed by atoms with Gasteiger partial charge in [0.15, 0.2) is 0 Å². The Hall–Kier alpha value is -3.39. The molecular weight excluding hydrogens is 428 g/mol. The molecule has 32 heavy (non-hydrogen) atoms. The molecule has 4 rings (SSSR count). The van der Waals surface area contributed by atoms with Crippen LogP contribution >= 0.6 is 11.6 Å². The van der Waals surface area contributed by atoms with Gasteiger partial charge in [-0.3, -0.25) is 4.98 Å². The summed E-state index contributed by atoms with van der Waals surface area (Å²) in [4.78, 5) is 19.6. The number of pyridine rings is 1. The van der Waals surface area contributed by atoms with Crippen LogP contribution in [0, 0.1) is 6.92 Å². The summed E-state index contributed by atoms with van der Waals surface area (Å²) >= 11 is 5.93. The number of aryl methyl sites for hydroxylation is 1. The Morgan fingerprint density at radius 1 is 1.12 bits per heavy atom. The van der Waals surface area contributed by atoms with E-state index in [1.165, 1.54) is 0 Å². The molecule has 0 radical (unpaired) electrons. The highest BCUT2D eigenvalue weighted by Crippen LogP contribution is 2.31. The van der Waals surface area contributed by atoms with E-state index in [0.29, 0.717) is 23.0 Å². The van der Waals surface area contributed by atoms with Gasteiger partial charge in [-0.15, -0.1) is 0 Å². The summed E-state index contributed by atoms with van der Waals surface area (Å²) in [6, 6.07) is 10.5. The van der Waals surface area contributed by atoms with E-state index in [4.69, 9.17) is 16.3 Å². The van der Waals surface area contributed by atoms with Gasteiger partial charge in [0.25, 0.3) is 0 Å². The third-order valence-corrected chi connectivity index (χ3v) is 5.90. The lowest BCUT2D eigenvalue weighted by molar-refractivity contribution is 0.243. The molecule has 2 amide bonds. The van der Waals surface area contributed by atoms with Crippen LogP contribution in [0.5, 0.6) is 5.75 Å². The average molecular weight is 453 g/mol. The second kappa shape index (κ2) is 9.82. The number of hydrogen-bond donors (Lipinski definition) is 2. The van der Waals surface area contributed by atoms with Crippen LogP contribution in [-0.2, 0) is 0 Å². The Balaban J connectivity index is 1.53. The number of methoxy groups -OCH3 is 1. The number of rotatable bonds is 5. The topological polar surface area (TPSA) is 92.3 Å². The average Bonchev–Trinajstić information content (AvgIpc) is 2.81. The van der Waals surface area contributed by atoms with Gasteiger partial charge in [-0.25, -0.2) is 4.79 Å². The second-order valence-corrected chi connectivity index (χ2v) is 8.17. The first-order valence-corrected chi connectivity index (χ1v) is 10.8. The van der Waals surface area contributed by atoms with Crippen LogP contribution in [0.2, 0.25) is 5.02 Å². The Labute approximate surface area is 192 Å². The smallest absolute Gasteiger partial charge is 0.319 e. The standard InChI is InChI=1S/C23H25ClN6O2/c1-15-11-26-27-13-22(15)30-10-9-21(19(14-30)20-8-7-18(32-2)12-25-20)29-23(31)28-17-5-3-16(24)4-6-17/h3-8,11-13,19,21H,9-10,14H2,1-2H3,(H2,28,29,31)/t19-,21+/m0/s1. The van der Waals surface area contributed by atoms with Crippen LogP contribution < -0.4 is 20.3 Å². The maximum Gasteiger partial charge on any atom is 0.319 e. The zero-order valence-electron chi connectivity index (χ0n) is 18.0. The first-order valence-electron chi connectivity index (χ1n) is 10.4. The van der Waals surface area contributed by atoms with E-state index in [-0.39, 0.29) is 18.0 Å². The number of anilines is 2. The number of benzene rings is 1. The molecule has 1 aliphatic heterocycles. The minimum absolute atomic E-state index is 0.0156. The van der Waals surface area contributed by atoms with Crippen LogP contribution in [0.3, 0.4) is 0 Å². The summed E-state index contributed by atoms with van der Waals surface area (Å²) in [5.74, 6) is 0.679. The van der Waals surface area contributed by atoms with Crippen molar-refractivity contribution < 1.29 is 9.53 Å². The molecule has 1 aliphatic rings. The zero-order valence-corrected chi connectivity index (χ0v) is 18.7. The highest BCUT2D eigenvalue weighted by molar-refractivity contribution is 6.30. The normalized spacial score (nSPS) is 18.2. The molecule has 1 saturated heterocycles. The molecule has 1 aromatic carbocycles. The van der Waals surface area contributed by atoms with Gasteiger partial charge in [0.05, 0.1) is 31.4 Å². The SMILES string of the molecule is COc1ccc([C@@H]2CN(c3cnncc3C)CC[C@H]2NC(=O)Nc2ccc(Cl)cc2)nc1. The van der Waals surface area contributed by atoms with Crippen LogP contribution in [0.1, 0.15) is 23.6 Å². The highest BCUT2D eigenvalue weighted by atomic mass is 35.5. The van der Waals surface area contributed by atoms with Crippen molar-refractivity contribution in [2.24, 2.45) is 0 Å². The summed E-state index contributed by atoms with van der Waals surface area (Å²) in [6.07, 6.45) is 6.02. The van der Waals surface area contributed by atoms with Gasteiger partial charge in [-0.05, 0) is 55.3 Å². The third kappa shape index (κ3) is 5.08. The molecule has 0 bridgehead atoms. The Morgan fingerprint density at radius 3 is 2.59 bits per heavy atom. The van der Waals surface area contributed by atoms with Crippen molar-refractivity contribution in [1.82, 2.24) is 20.5 Å². The quantitative estimate of drug-likeness (QED) is 0.607. The van der Waals surface area contributed by atoms with Crippen molar-refractivity contribution in [1.29, 1.82) is 0 Å². The molecule has 3 aromatic rings. The molecule has 9 heteroatoms. The number of piperidine rings is 1. The number of nitrogens with one attached hydrogen (secondary N) is 2. The van der Waals surface area contributed by atoms with Gasteiger partial charge < -0.3 is 20.3 Å². The van der Waals surface area contributed by atoms with E-state index in [1.807, 2.05) is 19.1 Å². The fourth-order valence-corrected chi connectivity index (χ4v) is 4.08. The molecule has 0 aliphatic carbocycles. The number of carbonyl (C=O) groups excluding carboxylic acids is 1. The van der Waals surface area contributed by atoms with Crippen LogP contribution in [0.15, 0.2) is 55.0 Å². The number of urea groups is 1. The maximum absolute atomic E-state index is 12.7. The first kappa shape index (κ1) is 21.8. The molecule has 0 unspecified atom stereocenters. The number of nitrogens with zero attached hydrogens (tertiary/aromatic N) is 4. The molecule has 0 saturated carbocycles. The number of aromatic nitrogens is 3. The largest absolute Gasteiger partial charge is 0.495 e. The zero-order chi connectivity index (χ0) is 22.5. The summed E-state index contributed by atoms with van der Waals surface area (Å²) in [5.41, 5.74) is 3.69. The summed E-state index contributed by atoms with van der Waals surface area (Å²) in [6.45, 7) is 3.50. The van der Waals surface area contributed by atoms with Crippen molar-refractivity contribution in [3.8, 4) is 5.75 Å². The predicted octanol–water partition coefficient (Wildman–Crippen LogP) is 4.03. The van der Waals surface area contributed by atoms with Gasteiger partial charge in [-0.2, -0.15) is 10.2 Å². The number of ether oxygens (including phenoxy) is 1. The Kier molecular flexibility index (Phi) is 6.70. The van der Waals surface area contributed by atoms with Crippen LogP contribution in [-0.4, -0.2) is 47.5 Å². The number of halogens is 1. The van der Waals surface area contributed by atoms with Crippen molar-refractivity contribution in [3.63, 3.8) is 0 Å². The van der Waals surface area contributed by atoms with E-state index in [2.05, 4.69) is 30.7 Å². The Morgan fingerprint density at radius 2 is 1.91 bits per heavy atom. The van der Waals surface area contributed by atoms with Crippen molar-refractivity contribution in [2.45, 2.75) is 25.3 Å². The highest BCUT2D eigenvalue weighted by Gasteiger charge is 2.33. The summed E-state index contributed by atoms with van der Waals surface area (Å²) < 4.78 is 5.25. The van der Waals surface area contributed by atoms with E-state index in [9.17, 15) is 4.79 Å². The summed E-state index contributed by atoms with van der Waals surface area (Å²) in [7, 11) is 1.61. The lowest BCUT2D eigenvalue weighted by atomic mass is 9.88. The van der Waals surface area contributed by atoms with E-state index >= 15 is 0 Å². The molecule has 3 heterocycles. The minimum Gasteiger partial charge on any atom is -0.495 e. The molecule has 2 aromatic heterocycles. The van der Waals surface area contributed by atoms with E-state index in [1.54, 1.807) is 50.0 Å². The molecule has 0 spiro atoms. The second-order valence-electron chi connectivity index (χ2n) is 7.73. The predicted molar refractivity (Wildman–Crippen MR) is 125 cm³/mol. The van der Waals surface area contributed by atoms with Crippen molar-refractivity contribution in [3.05, 3.63) is 71.3 Å². The molecular formula is C23H25ClN6O2. The molecule has 8 nitrogen and oxygen atoms in total. The summed E-state index contributed by atoms with van der Waals surface area (Å²) in [5, 5.41) is 14.6. The first-order chi connectivity index (χ1) is 15.5. The van der Waals surface area contributed by atoms with Crippen molar-refractivity contribution >= 4 is 29.0 Å². The van der Waals surface area contributed by atoms with Gasteiger partial charge in [0.2, 0.25) is 0 Å². The lowest BCUT2D eigenvalue weighted by Gasteiger charge is -2.40. The van der Waals surface area contributed by atoms with Crippen LogP contribution in [0.25, 0.3) is 0 Å². The fourth-order valence-electron chi connectivity index (χ4n) is 3.95. The lowest BCUT2D eigenvalue weighted by Crippen LogP contribution is -2.51. The number of amides is 2. The number of hydrogen-bond acceptors (Lipinski definition) is 6. The van der Waals surface area contributed by atoms with Crippen LogP contribution in [0.4, 0.5) is 16.2 Å². The monoisotopic (exact) mass is 452 g/mol. The number of carbonyl (C=O) groups is 1. The third-order valence-electron chi connectivity index (χ3n) is 5.65. The van der Waals surface area contributed by atoms with E-state index < -0.39 is 0 Å². The molecule has 2 atom stereocenters. The fraction of sp³-hybridized carbons (Fsp3) is 0.304. The minimum atomic E-state index is -0.258. The maximum atomic E-state index is 12.7.